The zero-order valence-electron chi connectivity index (χ0n) is 25.4. The van der Waals surface area contributed by atoms with Crippen molar-refractivity contribution in [2.24, 2.45) is 29.1 Å². The third kappa shape index (κ3) is 7.07. The molecule has 4 aliphatic carbocycles. The van der Waals surface area contributed by atoms with Crippen molar-refractivity contribution in [1.29, 1.82) is 0 Å². The van der Waals surface area contributed by atoms with Crippen molar-refractivity contribution >= 4 is 11.9 Å². The summed E-state index contributed by atoms with van der Waals surface area (Å²) in [7, 11) is 0. The minimum Gasteiger partial charge on any atom is -0.455 e. The van der Waals surface area contributed by atoms with E-state index in [1.165, 1.54) is 58.8 Å². The van der Waals surface area contributed by atoms with Gasteiger partial charge >= 0.3 is 11.9 Å². The van der Waals surface area contributed by atoms with Crippen LogP contribution in [0.4, 0.5) is 0 Å². The maximum Gasteiger partial charge on any atom is 0.305 e. The largest absolute Gasteiger partial charge is 0.455 e. The lowest BCUT2D eigenvalue weighted by atomic mass is 9.60. The van der Waals surface area contributed by atoms with E-state index in [0.717, 1.165) is 48.2 Å². The second-order valence-electron chi connectivity index (χ2n) is 13.6. The van der Waals surface area contributed by atoms with Crippen LogP contribution < -0.4 is 0 Å². The predicted octanol–water partition coefficient (Wildman–Crippen LogP) is 8.24. The number of fused-ring (bicyclic) bond motifs is 1. The van der Waals surface area contributed by atoms with Gasteiger partial charge in [-0.3, -0.25) is 9.59 Å². The van der Waals surface area contributed by atoms with Crippen LogP contribution in [0.2, 0.25) is 0 Å². The number of allylic oxidation sites excluding steroid dienone is 3. The third-order valence-corrected chi connectivity index (χ3v) is 9.99. The van der Waals surface area contributed by atoms with Gasteiger partial charge in [0.2, 0.25) is 0 Å². The van der Waals surface area contributed by atoms with E-state index in [4.69, 9.17) is 14.2 Å². The van der Waals surface area contributed by atoms with E-state index in [9.17, 15) is 9.59 Å². The summed E-state index contributed by atoms with van der Waals surface area (Å²) in [6.07, 6.45) is 16.8. The Balaban J connectivity index is 1.54. The van der Waals surface area contributed by atoms with Crippen LogP contribution in [0.15, 0.2) is 35.5 Å². The highest BCUT2D eigenvalue weighted by atomic mass is 16.7. The monoisotopic (exact) mass is 540 g/mol. The van der Waals surface area contributed by atoms with Gasteiger partial charge in [0.15, 0.2) is 6.10 Å². The Hall–Kier alpha value is -1.88. The molecule has 4 fully saturated rings. The molecule has 4 saturated carbocycles. The molecule has 0 heterocycles. The maximum absolute atomic E-state index is 12.2. The summed E-state index contributed by atoms with van der Waals surface area (Å²) in [5, 5.41) is 0. The average Bonchev–Trinajstić information content (AvgIpc) is 3.57. The molecule has 5 nitrogen and oxygen atoms in total. The topological polar surface area (TPSA) is 61.8 Å². The van der Waals surface area contributed by atoms with E-state index in [1.807, 2.05) is 0 Å². The quantitative estimate of drug-likeness (QED) is 0.206. The Bertz CT molecular complexity index is 988. The number of rotatable bonds is 10. The zero-order chi connectivity index (χ0) is 28.4. The molecule has 0 N–H and O–H groups in total. The summed E-state index contributed by atoms with van der Waals surface area (Å²) in [5.41, 5.74) is 3.88. The normalized spacial score (nSPS) is 35.8. The second kappa shape index (κ2) is 12.3. The van der Waals surface area contributed by atoms with Crippen LogP contribution in [-0.2, 0) is 23.8 Å². The number of hydrogen-bond donors (Lipinski definition) is 0. The molecule has 4 rings (SSSR count). The van der Waals surface area contributed by atoms with Crippen molar-refractivity contribution in [2.45, 2.75) is 137 Å². The predicted molar refractivity (Wildman–Crippen MR) is 155 cm³/mol. The summed E-state index contributed by atoms with van der Waals surface area (Å²) in [5.74, 6) is 0.853. The van der Waals surface area contributed by atoms with E-state index in [0.29, 0.717) is 24.2 Å². The first-order valence-corrected chi connectivity index (χ1v) is 15.6. The minimum absolute atomic E-state index is 0.0328. The fourth-order valence-corrected chi connectivity index (χ4v) is 7.95. The standard InChI is InChI=1S/C34H52O5/c1-22(2)10-8-11-23(3)30-17-18-31-27(12-9-19-33(30,31)7)13-14-28-21-34(38-26(6)36,39-29-15-16-29)32(20-24(28)4)37-25(5)35/h13-14,22-23,29-32H,4,8-12,15-21H2,1-3,5-7H3/t23-,30-,31?,32+,33-,34-/m1/s1. The van der Waals surface area contributed by atoms with Gasteiger partial charge in [-0.2, -0.15) is 0 Å². The van der Waals surface area contributed by atoms with E-state index < -0.39 is 23.8 Å². The molecule has 1 unspecified atom stereocenters. The summed E-state index contributed by atoms with van der Waals surface area (Å²) < 4.78 is 17.8. The van der Waals surface area contributed by atoms with Crippen molar-refractivity contribution in [2.75, 3.05) is 0 Å². The number of carbonyl (C=O) groups is 2. The Morgan fingerprint density at radius 2 is 1.79 bits per heavy atom. The molecule has 0 aromatic rings. The zero-order valence-corrected chi connectivity index (χ0v) is 25.4. The molecule has 39 heavy (non-hydrogen) atoms. The van der Waals surface area contributed by atoms with Crippen LogP contribution in [0.1, 0.15) is 119 Å². The molecule has 0 aromatic carbocycles. The maximum atomic E-state index is 12.2. The van der Waals surface area contributed by atoms with Crippen LogP contribution in [0, 0.1) is 29.1 Å². The smallest absolute Gasteiger partial charge is 0.305 e. The third-order valence-electron chi connectivity index (χ3n) is 9.99. The van der Waals surface area contributed by atoms with Crippen LogP contribution >= 0.6 is 0 Å². The van der Waals surface area contributed by atoms with E-state index >= 15 is 0 Å². The highest BCUT2D eigenvalue weighted by molar-refractivity contribution is 5.68. The van der Waals surface area contributed by atoms with Gasteiger partial charge in [0.25, 0.3) is 5.79 Å². The lowest BCUT2D eigenvalue weighted by molar-refractivity contribution is -0.280. The van der Waals surface area contributed by atoms with Crippen molar-refractivity contribution in [3.8, 4) is 0 Å². The summed E-state index contributed by atoms with van der Waals surface area (Å²) in [4.78, 5) is 24.1. The average molecular weight is 541 g/mol. The first-order valence-electron chi connectivity index (χ1n) is 15.6. The van der Waals surface area contributed by atoms with Gasteiger partial charge in [0.05, 0.1) is 6.10 Å². The fraction of sp³-hybridized carbons (Fsp3) is 0.765. The second-order valence-corrected chi connectivity index (χ2v) is 13.6. The van der Waals surface area contributed by atoms with Crippen LogP contribution in [0.25, 0.3) is 0 Å². The lowest BCUT2D eigenvalue weighted by Crippen LogP contribution is -2.53. The SMILES string of the molecule is C=C1C[C@H](OC(C)=O)[C@](OC(C)=O)(OC2CC2)CC1=CC=C1CCC[C@@]2(C)C1CC[C@@H]2[C@H](C)CCCC(C)C. The molecular formula is C34H52O5. The molecule has 4 aliphatic rings. The Morgan fingerprint density at radius 3 is 2.44 bits per heavy atom. The van der Waals surface area contributed by atoms with Gasteiger partial charge in [-0.05, 0) is 85.2 Å². The fourth-order valence-electron chi connectivity index (χ4n) is 7.95. The number of hydrogen-bond acceptors (Lipinski definition) is 5. The summed E-state index contributed by atoms with van der Waals surface area (Å²) in [6, 6.07) is 0. The molecule has 6 atom stereocenters. The van der Waals surface area contributed by atoms with Gasteiger partial charge in [0, 0.05) is 26.7 Å². The molecule has 0 radical (unpaired) electrons. The van der Waals surface area contributed by atoms with E-state index in [-0.39, 0.29) is 6.10 Å². The summed E-state index contributed by atoms with van der Waals surface area (Å²) in [6.45, 7) is 16.8. The first kappa shape index (κ1) is 30.1. The van der Waals surface area contributed by atoms with Crippen molar-refractivity contribution in [3.63, 3.8) is 0 Å². The van der Waals surface area contributed by atoms with Crippen LogP contribution in [-0.4, -0.2) is 29.9 Å². The molecule has 0 saturated heterocycles. The van der Waals surface area contributed by atoms with Gasteiger partial charge in [0.1, 0.15) is 0 Å². The van der Waals surface area contributed by atoms with E-state index in [1.54, 1.807) is 5.57 Å². The first-order chi connectivity index (χ1) is 18.4. The van der Waals surface area contributed by atoms with Crippen molar-refractivity contribution < 1.29 is 23.8 Å². The number of ether oxygens (including phenoxy) is 3. The number of esters is 2. The van der Waals surface area contributed by atoms with Gasteiger partial charge in [-0.15, -0.1) is 0 Å². The molecule has 218 valence electrons. The highest BCUT2D eigenvalue weighted by Crippen LogP contribution is 2.60. The summed E-state index contributed by atoms with van der Waals surface area (Å²) >= 11 is 0. The molecule has 0 bridgehead atoms. The van der Waals surface area contributed by atoms with Crippen LogP contribution in [0.3, 0.4) is 0 Å². The molecule has 0 spiro atoms. The molecule has 0 aromatic heterocycles. The molecule has 0 aliphatic heterocycles. The minimum atomic E-state index is -1.30. The van der Waals surface area contributed by atoms with Gasteiger partial charge in [-0.1, -0.05) is 71.3 Å². The Labute approximate surface area is 236 Å². The van der Waals surface area contributed by atoms with Gasteiger partial charge in [-0.25, -0.2) is 0 Å². The van der Waals surface area contributed by atoms with Crippen LogP contribution in [0.5, 0.6) is 0 Å². The lowest BCUT2D eigenvalue weighted by Gasteiger charge is -2.44. The Kier molecular flexibility index (Phi) is 9.51. The van der Waals surface area contributed by atoms with Crippen molar-refractivity contribution in [3.05, 3.63) is 35.5 Å². The Morgan fingerprint density at radius 1 is 1.05 bits per heavy atom. The molecule has 0 amide bonds. The number of carbonyl (C=O) groups excluding carboxylic acids is 2. The highest BCUT2D eigenvalue weighted by Gasteiger charge is 2.53. The van der Waals surface area contributed by atoms with Gasteiger partial charge < -0.3 is 14.2 Å². The van der Waals surface area contributed by atoms with E-state index in [2.05, 4.69) is 46.4 Å². The van der Waals surface area contributed by atoms with Crippen molar-refractivity contribution in [1.82, 2.24) is 0 Å². The molecule has 5 heteroatoms. The molecular weight excluding hydrogens is 488 g/mol.